The Kier molecular flexibility index (Phi) is 7.21. The summed E-state index contributed by atoms with van der Waals surface area (Å²) in [6, 6.07) is 67.6. The molecular formula is C55H32N4O2. The van der Waals surface area contributed by atoms with Gasteiger partial charge < -0.3 is 13.4 Å². The van der Waals surface area contributed by atoms with Crippen LogP contribution in [0.4, 0.5) is 0 Å². The van der Waals surface area contributed by atoms with Crippen molar-refractivity contribution in [3.8, 4) is 51.0 Å². The molecule has 0 bridgehead atoms. The fourth-order valence-electron chi connectivity index (χ4n) is 9.16. The standard InChI is InChI=1S/C55H32N4O2/c1-2-14-38(15-3-1)59-47-22-8-6-16-39(47)45-31-35(26-28-48(45)59)36-27-29-50-46(32-36)42-19-11-21-44(52(42)61-50)55-57-53(37-25-24-33-12-4-5-13-34(33)30-37)56-54(58-55)43-20-10-18-41-40-17-7-9-23-49(40)60-51(41)43/h1-32H. The number of hydrogen-bond acceptors (Lipinski definition) is 5. The summed E-state index contributed by atoms with van der Waals surface area (Å²) in [6.07, 6.45) is 0. The highest BCUT2D eigenvalue weighted by Gasteiger charge is 2.21. The molecule has 0 fully saturated rings. The number of aromatic nitrogens is 4. The average Bonchev–Trinajstić information content (AvgIpc) is 4.01. The minimum atomic E-state index is 0.520. The van der Waals surface area contributed by atoms with Gasteiger partial charge in [0.2, 0.25) is 0 Å². The van der Waals surface area contributed by atoms with Gasteiger partial charge in [0.05, 0.1) is 22.2 Å². The van der Waals surface area contributed by atoms with E-state index in [9.17, 15) is 0 Å². The summed E-state index contributed by atoms with van der Waals surface area (Å²) in [5.41, 5.74) is 11.3. The van der Waals surface area contributed by atoms with Crippen molar-refractivity contribution in [2.75, 3.05) is 0 Å². The van der Waals surface area contributed by atoms with Crippen molar-refractivity contribution in [3.05, 3.63) is 194 Å². The maximum Gasteiger partial charge on any atom is 0.167 e. The van der Waals surface area contributed by atoms with Gasteiger partial charge in [0.15, 0.2) is 17.5 Å². The topological polar surface area (TPSA) is 69.9 Å². The molecule has 6 nitrogen and oxygen atoms in total. The van der Waals surface area contributed by atoms with E-state index in [-0.39, 0.29) is 0 Å². The summed E-state index contributed by atoms with van der Waals surface area (Å²) in [5.74, 6) is 1.61. The van der Waals surface area contributed by atoms with Crippen LogP contribution >= 0.6 is 0 Å². The number of rotatable bonds is 5. The Bertz CT molecular complexity index is 3900. The minimum Gasteiger partial charge on any atom is -0.455 e. The summed E-state index contributed by atoms with van der Waals surface area (Å²) in [7, 11) is 0. The second-order valence-electron chi connectivity index (χ2n) is 15.6. The third-order valence-electron chi connectivity index (χ3n) is 12.0. The molecule has 0 spiro atoms. The molecule has 0 radical (unpaired) electrons. The Morgan fingerprint density at radius 3 is 1.67 bits per heavy atom. The largest absolute Gasteiger partial charge is 0.455 e. The van der Waals surface area contributed by atoms with E-state index in [1.807, 2.05) is 36.4 Å². The molecule has 0 atom stereocenters. The minimum absolute atomic E-state index is 0.520. The lowest BCUT2D eigenvalue weighted by molar-refractivity contribution is 0.669. The molecular weight excluding hydrogens is 749 g/mol. The Balaban J connectivity index is 0.982. The Morgan fingerprint density at radius 1 is 0.328 bits per heavy atom. The summed E-state index contributed by atoms with van der Waals surface area (Å²) in [4.78, 5) is 15.5. The molecule has 4 aromatic heterocycles. The van der Waals surface area contributed by atoms with Crippen LogP contribution in [-0.2, 0) is 0 Å². The highest BCUT2D eigenvalue weighted by Crippen LogP contribution is 2.41. The van der Waals surface area contributed by atoms with Gasteiger partial charge in [-0.05, 0) is 88.6 Å². The summed E-state index contributed by atoms with van der Waals surface area (Å²) in [6.45, 7) is 0. The van der Waals surface area contributed by atoms with Crippen LogP contribution in [-0.4, -0.2) is 19.5 Å². The fourth-order valence-corrected chi connectivity index (χ4v) is 9.16. The van der Waals surface area contributed by atoms with Crippen LogP contribution in [0.2, 0.25) is 0 Å². The van der Waals surface area contributed by atoms with Gasteiger partial charge in [-0.1, -0.05) is 127 Å². The van der Waals surface area contributed by atoms with E-state index in [0.29, 0.717) is 17.5 Å². The average molecular weight is 781 g/mol. The van der Waals surface area contributed by atoms with E-state index in [1.165, 1.54) is 21.8 Å². The molecule has 0 aliphatic rings. The second kappa shape index (κ2) is 13.1. The van der Waals surface area contributed by atoms with E-state index >= 15 is 0 Å². The van der Waals surface area contributed by atoms with Gasteiger partial charge in [-0.15, -0.1) is 0 Å². The molecule has 0 N–H and O–H groups in total. The first kappa shape index (κ1) is 33.6. The van der Waals surface area contributed by atoms with E-state index < -0.39 is 0 Å². The number of benzene rings is 9. The Hall–Kier alpha value is -8.35. The molecule has 0 aliphatic heterocycles. The lowest BCUT2D eigenvalue weighted by Crippen LogP contribution is -2.00. The van der Waals surface area contributed by atoms with E-state index in [1.54, 1.807) is 0 Å². The Labute approximate surface area is 348 Å². The van der Waals surface area contributed by atoms with Crippen LogP contribution in [0.1, 0.15) is 0 Å². The first-order valence-electron chi connectivity index (χ1n) is 20.4. The molecule has 6 heteroatoms. The molecule has 13 aromatic rings. The normalized spacial score (nSPS) is 11.9. The molecule has 0 saturated carbocycles. The van der Waals surface area contributed by atoms with Crippen LogP contribution in [0.25, 0.3) is 127 Å². The van der Waals surface area contributed by atoms with Crippen molar-refractivity contribution in [3.63, 3.8) is 0 Å². The zero-order chi connectivity index (χ0) is 40.0. The van der Waals surface area contributed by atoms with Crippen molar-refractivity contribution >= 4 is 76.5 Å². The predicted octanol–water partition coefficient (Wildman–Crippen LogP) is 14.6. The molecule has 61 heavy (non-hydrogen) atoms. The molecule has 4 heterocycles. The quantitative estimate of drug-likeness (QED) is 0.174. The van der Waals surface area contributed by atoms with Gasteiger partial charge in [-0.3, -0.25) is 0 Å². The van der Waals surface area contributed by atoms with Gasteiger partial charge in [-0.2, -0.15) is 0 Å². The first-order valence-corrected chi connectivity index (χ1v) is 20.4. The van der Waals surface area contributed by atoms with Crippen molar-refractivity contribution in [1.82, 2.24) is 19.5 Å². The van der Waals surface area contributed by atoms with E-state index in [4.69, 9.17) is 23.8 Å². The van der Waals surface area contributed by atoms with Crippen LogP contribution < -0.4 is 0 Å². The highest BCUT2D eigenvalue weighted by molar-refractivity contribution is 6.13. The zero-order valence-corrected chi connectivity index (χ0v) is 32.6. The fraction of sp³-hybridized carbons (Fsp3) is 0. The van der Waals surface area contributed by atoms with Gasteiger partial charge in [0, 0.05) is 43.6 Å². The lowest BCUT2D eigenvalue weighted by Gasteiger charge is -2.10. The van der Waals surface area contributed by atoms with Gasteiger partial charge >= 0.3 is 0 Å². The van der Waals surface area contributed by atoms with Crippen molar-refractivity contribution in [2.24, 2.45) is 0 Å². The SMILES string of the molecule is c1ccc(-n2c3ccccc3c3cc(-c4ccc5oc6c(-c7nc(-c8ccc9ccccc9c8)nc(-c8cccc9c8oc8ccccc89)n7)cccc6c5c4)ccc32)cc1. The van der Waals surface area contributed by atoms with Crippen LogP contribution in [0.3, 0.4) is 0 Å². The molecule has 13 rings (SSSR count). The number of para-hydroxylation sites is 5. The number of fused-ring (bicyclic) bond motifs is 10. The lowest BCUT2D eigenvalue weighted by atomic mass is 10.00. The van der Waals surface area contributed by atoms with Gasteiger partial charge in [0.25, 0.3) is 0 Å². The smallest absolute Gasteiger partial charge is 0.167 e. The molecule has 9 aromatic carbocycles. The maximum absolute atomic E-state index is 6.75. The monoisotopic (exact) mass is 780 g/mol. The van der Waals surface area contributed by atoms with Crippen molar-refractivity contribution in [2.45, 2.75) is 0 Å². The maximum atomic E-state index is 6.75. The van der Waals surface area contributed by atoms with E-state index in [0.717, 1.165) is 88.2 Å². The van der Waals surface area contributed by atoms with Crippen LogP contribution in [0.5, 0.6) is 0 Å². The molecule has 0 saturated heterocycles. The van der Waals surface area contributed by atoms with Gasteiger partial charge in [-0.25, -0.2) is 15.0 Å². The Morgan fingerprint density at radius 2 is 0.885 bits per heavy atom. The van der Waals surface area contributed by atoms with Crippen molar-refractivity contribution < 1.29 is 8.83 Å². The van der Waals surface area contributed by atoms with E-state index in [2.05, 4.69) is 162 Å². The number of nitrogens with zero attached hydrogens (tertiary/aromatic N) is 4. The predicted molar refractivity (Wildman–Crippen MR) is 248 cm³/mol. The number of hydrogen-bond donors (Lipinski definition) is 0. The van der Waals surface area contributed by atoms with Crippen LogP contribution in [0.15, 0.2) is 203 Å². The third-order valence-corrected chi connectivity index (χ3v) is 12.0. The van der Waals surface area contributed by atoms with Gasteiger partial charge in [0.1, 0.15) is 22.3 Å². The summed E-state index contributed by atoms with van der Waals surface area (Å²) < 4.78 is 15.6. The molecule has 0 unspecified atom stereocenters. The third kappa shape index (κ3) is 5.26. The van der Waals surface area contributed by atoms with Crippen molar-refractivity contribution in [1.29, 1.82) is 0 Å². The summed E-state index contributed by atoms with van der Waals surface area (Å²) in [5, 5.41) is 8.77. The first-order chi connectivity index (χ1) is 30.2. The number of furan rings is 2. The molecule has 284 valence electrons. The second-order valence-corrected chi connectivity index (χ2v) is 15.6. The molecule has 0 aliphatic carbocycles. The highest BCUT2D eigenvalue weighted by atomic mass is 16.3. The van der Waals surface area contributed by atoms with Crippen LogP contribution in [0, 0.1) is 0 Å². The zero-order valence-electron chi connectivity index (χ0n) is 32.6. The summed E-state index contributed by atoms with van der Waals surface area (Å²) >= 11 is 0. The molecule has 0 amide bonds.